The number of hydrogen-bond acceptors (Lipinski definition) is 3. The van der Waals surface area contributed by atoms with Gasteiger partial charge in [-0.2, -0.15) is 0 Å². The van der Waals surface area contributed by atoms with E-state index in [2.05, 4.69) is 46.0 Å². The summed E-state index contributed by atoms with van der Waals surface area (Å²) in [5.41, 5.74) is 2.19. The van der Waals surface area contributed by atoms with Crippen LogP contribution in [0.5, 0.6) is 11.5 Å². The highest BCUT2D eigenvalue weighted by molar-refractivity contribution is 6.74. The van der Waals surface area contributed by atoms with Gasteiger partial charge in [0.15, 0.2) is 0 Å². The molecule has 28 heavy (non-hydrogen) atoms. The molecule has 4 nitrogen and oxygen atoms in total. The van der Waals surface area contributed by atoms with Crippen molar-refractivity contribution in [1.82, 2.24) is 0 Å². The summed E-state index contributed by atoms with van der Waals surface area (Å²) in [6.07, 6.45) is 1.49. The molecule has 0 aliphatic heterocycles. The van der Waals surface area contributed by atoms with E-state index >= 15 is 0 Å². The maximum atomic E-state index is 10.6. The molecule has 2 aromatic carbocycles. The first-order valence-electron chi connectivity index (χ1n) is 9.78. The SMILES string of the molecule is CC(C)(C)[Si](C)(C)Oc1cccc(CCOc2ccc(CCC(=O)O)cc2)c1. The van der Waals surface area contributed by atoms with Gasteiger partial charge in [-0.15, -0.1) is 0 Å². The molecule has 0 unspecified atom stereocenters. The molecule has 0 amide bonds. The molecule has 1 N–H and O–H groups in total. The molecule has 0 atom stereocenters. The lowest BCUT2D eigenvalue weighted by Gasteiger charge is -2.36. The number of carboxylic acids is 1. The van der Waals surface area contributed by atoms with Gasteiger partial charge in [0.05, 0.1) is 6.61 Å². The minimum absolute atomic E-state index is 0.146. The highest BCUT2D eigenvalue weighted by Gasteiger charge is 2.38. The van der Waals surface area contributed by atoms with E-state index in [1.807, 2.05) is 36.4 Å². The Hall–Kier alpha value is -2.27. The highest BCUT2D eigenvalue weighted by atomic mass is 28.4. The van der Waals surface area contributed by atoms with Crippen molar-refractivity contribution < 1.29 is 19.1 Å². The van der Waals surface area contributed by atoms with E-state index in [0.29, 0.717) is 13.0 Å². The van der Waals surface area contributed by atoms with Crippen molar-refractivity contribution in [2.24, 2.45) is 0 Å². The summed E-state index contributed by atoms with van der Waals surface area (Å²) in [5, 5.41) is 8.91. The van der Waals surface area contributed by atoms with Gasteiger partial charge in [0.25, 0.3) is 0 Å². The number of hydrogen-bond donors (Lipinski definition) is 1. The molecule has 0 saturated heterocycles. The smallest absolute Gasteiger partial charge is 0.303 e. The fourth-order valence-corrected chi connectivity index (χ4v) is 3.52. The van der Waals surface area contributed by atoms with Gasteiger partial charge < -0.3 is 14.3 Å². The third-order valence-electron chi connectivity index (χ3n) is 5.29. The lowest BCUT2D eigenvalue weighted by Crippen LogP contribution is -2.43. The molecule has 0 heterocycles. The predicted molar refractivity (Wildman–Crippen MR) is 116 cm³/mol. The summed E-state index contributed by atoms with van der Waals surface area (Å²) >= 11 is 0. The van der Waals surface area contributed by atoms with Crippen LogP contribution in [0.3, 0.4) is 0 Å². The molecule has 0 bridgehead atoms. The van der Waals surface area contributed by atoms with Crippen LogP contribution in [0.1, 0.15) is 38.3 Å². The average Bonchev–Trinajstić information content (AvgIpc) is 2.60. The van der Waals surface area contributed by atoms with Gasteiger partial charge >= 0.3 is 5.97 Å². The highest BCUT2D eigenvalue weighted by Crippen LogP contribution is 2.37. The Morgan fingerprint density at radius 1 is 0.964 bits per heavy atom. The van der Waals surface area contributed by atoms with Gasteiger partial charge in [0, 0.05) is 12.8 Å². The summed E-state index contributed by atoms with van der Waals surface area (Å²) < 4.78 is 12.2. The van der Waals surface area contributed by atoms with E-state index in [1.54, 1.807) is 0 Å². The van der Waals surface area contributed by atoms with Gasteiger partial charge in [0.1, 0.15) is 11.5 Å². The van der Waals surface area contributed by atoms with Crippen LogP contribution in [0, 0.1) is 0 Å². The number of benzene rings is 2. The molecule has 2 aromatic rings. The van der Waals surface area contributed by atoms with Gasteiger partial charge in [-0.05, 0) is 59.9 Å². The van der Waals surface area contributed by atoms with Crippen molar-refractivity contribution in [1.29, 1.82) is 0 Å². The fraction of sp³-hybridized carbons (Fsp3) is 0.435. The molecule has 5 heteroatoms. The molecule has 152 valence electrons. The first kappa shape index (κ1) is 22.0. The zero-order valence-electron chi connectivity index (χ0n) is 17.6. The van der Waals surface area contributed by atoms with Gasteiger partial charge in [-0.25, -0.2) is 0 Å². The molecule has 0 saturated carbocycles. The van der Waals surface area contributed by atoms with Crippen molar-refractivity contribution >= 4 is 14.3 Å². The van der Waals surface area contributed by atoms with Crippen molar-refractivity contribution in [2.45, 2.75) is 58.2 Å². The standard InChI is InChI=1S/C23H32O4Si/c1-23(2,3)28(4,5)27-21-8-6-7-19(17-21)15-16-26-20-12-9-18(10-13-20)11-14-22(24)25/h6-10,12-13,17H,11,14-16H2,1-5H3,(H,24,25). The molecular weight excluding hydrogens is 368 g/mol. The molecule has 0 aromatic heterocycles. The van der Waals surface area contributed by atoms with E-state index in [-0.39, 0.29) is 11.5 Å². The predicted octanol–water partition coefficient (Wildman–Crippen LogP) is 5.71. The summed E-state index contributed by atoms with van der Waals surface area (Å²) in [6.45, 7) is 11.8. The Morgan fingerprint density at radius 3 is 2.25 bits per heavy atom. The number of aryl methyl sites for hydroxylation is 1. The molecule has 0 fully saturated rings. The third-order valence-corrected chi connectivity index (χ3v) is 9.65. The Bertz CT molecular complexity index is 776. The largest absolute Gasteiger partial charge is 0.543 e. The van der Waals surface area contributed by atoms with Crippen LogP contribution in [0.15, 0.2) is 48.5 Å². The normalized spacial score (nSPS) is 11.9. The maximum Gasteiger partial charge on any atom is 0.303 e. The second-order valence-corrected chi connectivity index (χ2v) is 13.4. The molecule has 2 rings (SSSR count). The first-order valence-corrected chi connectivity index (χ1v) is 12.7. The monoisotopic (exact) mass is 400 g/mol. The molecular formula is C23H32O4Si. The van der Waals surface area contributed by atoms with E-state index in [1.165, 1.54) is 5.56 Å². The van der Waals surface area contributed by atoms with Crippen LogP contribution in [-0.2, 0) is 17.6 Å². The van der Waals surface area contributed by atoms with Crippen molar-refractivity contribution in [3.05, 3.63) is 59.7 Å². The number of carbonyl (C=O) groups is 1. The van der Waals surface area contributed by atoms with E-state index in [9.17, 15) is 4.79 Å². The summed E-state index contributed by atoms with van der Waals surface area (Å²) in [4.78, 5) is 10.6. The molecule has 0 aliphatic carbocycles. The van der Waals surface area contributed by atoms with Crippen LogP contribution in [0.4, 0.5) is 0 Å². The lowest BCUT2D eigenvalue weighted by molar-refractivity contribution is -0.136. The van der Waals surface area contributed by atoms with Crippen LogP contribution >= 0.6 is 0 Å². The van der Waals surface area contributed by atoms with Crippen LogP contribution in [0.2, 0.25) is 18.1 Å². The zero-order valence-corrected chi connectivity index (χ0v) is 18.6. The molecule has 0 radical (unpaired) electrons. The second kappa shape index (κ2) is 9.28. The van der Waals surface area contributed by atoms with Crippen molar-refractivity contribution in [2.75, 3.05) is 6.61 Å². The van der Waals surface area contributed by atoms with E-state index < -0.39 is 14.3 Å². The van der Waals surface area contributed by atoms with Crippen LogP contribution in [-0.4, -0.2) is 26.0 Å². The fourth-order valence-electron chi connectivity index (χ4n) is 2.50. The lowest BCUT2D eigenvalue weighted by atomic mass is 10.1. The van der Waals surface area contributed by atoms with Gasteiger partial charge in [0.2, 0.25) is 8.32 Å². The zero-order chi connectivity index (χ0) is 20.8. The number of rotatable bonds is 9. The van der Waals surface area contributed by atoms with E-state index in [0.717, 1.165) is 23.5 Å². The Kier molecular flexibility index (Phi) is 7.30. The summed E-state index contributed by atoms with van der Waals surface area (Å²) in [7, 11) is -1.84. The number of carboxylic acid groups (broad SMARTS) is 1. The topological polar surface area (TPSA) is 55.8 Å². The Balaban J connectivity index is 1.87. The second-order valence-electron chi connectivity index (χ2n) is 8.65. The number of aliphatic carboxylic acids is 1. The van der Waals surface area contributed by atoms with Crippen molar-refractivity contribution in [3.63, 3.8) is 0 Å². The van der Waals surface area contributed by atoms with Gasteiger partial charge in [-0.3, -0.25) is 4.79 Å². The Labute approximate surface area is 169 Å². The minimum atomic E-state index is -1.84. The molecule has 0 aliphatic rings. The van der Waals surface area contributed by atoms with Gasteiger partial charge in [-0.1, -0.05) is 45.0 Å². The maximum absolute atomic E-state index is 10.6. The quantitative estimate of drug-likeness (QED) is 0.548. The Morgan fingerprint density at radius 2 is 1.64 bits per heavy atom. The van der Waals surface area contributed by atoms with Crippen molar-refractivity contribution in [3.8, 4) is 11.5 Å². The van der Waals surface area contributed by atoms with Crippen LogP contribution in [0.25, 0.3) is 0 Å². The third kappa shape index (κ3) is 6.71. The molecule has 0 spiro atoms. The summed E-state index contributed by atoms with van der Waals surface area (Å²) in [6, 6.07) is 15.9. The van der Waals surface area contributed by atoms with Crippen LogP contribution < -0.4 is 9.16 Å². The average molecular weight is 401 g/mol. The van der Waals surface area contributed by atoms with E-state index in [4.69, 9.17) is 14.3 Å². The summed E-state index contributed by atoms with van der Waals surface area (Å²) in [5.74, 6) is 0.958. The first-order chi connectivity index (χ1) is 13.1. The number of ether oxygens (including phenoxy) is 1. The minimum Gasteiger partial charge on any atom is -0.543 e.